The Morgan fingerprint density at radius 3 is 2.26 bits per heavy atom. The molecule has 0 aliphatic carbocycles. The summed E-state index contributed by atoms with van der Waals surface area (Å²) in [5, 5.41) is 0. The first kappa shape index (κ1) is 14.6. The molecule has 1 atom stereocenters. The summed E-state index contributed by atoms with van der Waals surface area (Å²) in [7, 11) is 0. The Labute approximate surface area is 131 Å². The average molecular weight is 384 g/mol. The average Bonchev–Trinajstić information content (AvgIpc) is 2.38. The van der Waals surface area contributed by atoms with E-state index in [2.05, 4.69) is 68.3 Å². The predicted molar refractivity (Wildman–Crippen MR) is 87.1 cm³/mol. The van der Waals surface area contributed by atoms with E-state index in [0.717, 1.165) is 10.2 Å². The van der Waals surface area contributed by atoms with E-state index in [4.69, 9.17) is 4.74 Å². The van der Waals surface area contributed by atoms with Gasteiger partial charge in [-0.25, -0.2) is 0 Å². The molecule has 0 aliphatic heterocycles. The summed E-state index contributed by atoms with van der Waals surface area (Å²) in [5.74, 6) is 0.911. The van der Waals surface area contributed by atoms with Crippen LogP contribution in [-0.4, -0.2) is 6.10 Å². The van der Waals surface area contributed by atoms with E-state index in [1.54, 1.807) is 0 Å². The summed E-state index contributed by atoms with van der Waals surface area (Å²) in [6, 6.07) is 16.5. The molecular weight excluding hydrogens is 368 g/mol. The maximum absolute atomic E-state index is 5.73. The van der Waals surface area contributed by atoms with Gasteiger partial charge in [0.1, 0.15) is 5.75 Å². The largest absolute Gasteiger partial charge is 0.491 e. The van der Waals surface area contributed by atoms with Crippen molar-refractivity contribution in [3.63, 3.8) is 0 Å². The van der Waals surface area contributed by atoms with Crippen molar-refractivity contribution in [2.75, 3.05) is 0 Å². The molecule has 0 fully saturated rings. The zero-order valence-corrected chi connectivity index (χ0v) is 14.1. The van der Waals surface area contributed by atoms with E-state index in [-0.39, 0.29) is 10.9 Å². The smallest absolute Gasteiger partial charge is 0.120 e. The lowest BCUT2D eigenvalue weighted by molar-refractivity contribution is 0.242. The highest BCUT2D eigenvalue weighted by Gasteiger charge is 2.11. The summed E-state index contributed by atoms with van der Waals surface area (Å²) in [4.78, 5) is 0.177. The van der Waals surface area contributed by atoms with E-state index >= 15 is 0 Å². The van der Waals surface area contributed by atoms with Crippen LogP contribution in [-0.2, 0) is 0 Å². The molecule has 1 nitrogen and oxygen atoms in total. The minimum Gasteiger partial charge on any atom is -0.491 e. The van der Waals surface area contributed by atoms with Crippen molar-refractivity contribution in [2.24, 2.45) is 0 Å². The van der Waals surface area contributed by atoms with Crippen molar-refractivity contribution in [1.29, 1.82) is 0 Å². The van der Waals surface area contributed by atoms with Crippen LogP contribution >= 0.6 is 31.9 Å². The molecule has 0 N–H and O–H groups in total. The zero-order chi connectivity index (χ0) is 13.8. The second-order valence-electron chi connectivity index (χ2n) is 4.65. The Balaban J connectivity index is 2.23. The number of rotatable bonds is 4. The van der Waals surface area contributed by atoms with Crippen LogP contribution < -0.4 is 4.74 Å². The van der Waals surface area contributed by atoms with Crippen molar-refractivity contribution in [1.82, 2.24) is 0 Å². The molecule has 0 spiro atoms. The Hall–Kier alpha value is -0.800. The van der Waals surface area contributed by atoms with Crippen molar-refractivity contribution in [3.05, 3.63) is 64.1 Å². The summed E-state index contributed by atoms with van der Waals surface area (Å²) in [6.45, 7) is 4.07. The third-order valence-electron chi connectivity index (χ3n) is 2.69. The van der Waals surface area contributed by atoms with E-state index in [9.17, 15) is 0 Å². The van der Waals surface area contributed by atoms with Crippen molar-refractivity contribution in [2.45, 2.75) is 24.8 Å². The molecule has 0 heterocycles. The van der Waals surface area contributed by atoms with Gasteiger partial charge in [0.15, 0.2) is 0 Å². The minimum atomic E-state index is 0.177. The van der Waals surface area contributed by atoms with Gasteiger partial charge in [-0.05, 0) is 49.2 Å². The highest BCUT2D eigenvalue weighted by molar-refractivity contribution is 9.10. The molecule has 0 amide bonds. The molecule has 0 saturated heterocycles. The van der Waals surface area contributed by atoms with Gasteiger partial charge in [0, 0.05) is 4.47 Å². The monoisotopic (exact) mass is 382 g/mol. The first-order chi connectivity index (χ1) is 9.06. The van der Waals surface area contributed by atoms with Crippen molar-refractivity contribution >= 4 is 31.9 Å². The van der Waals surface area contributed by atoms with E-state index in [1.807, 2.05) is 26.0 Å². The van der Waals surface area contributed by atoms with Gasteiger partial charge in [-0.15, -0.1) is 0 Å². The third-order valence-corrected chi connectivity index (χ3v) is 4.27. The van der Waals surface area contributed by atoms with Gasteiger partial charge in [0.05, 0.1) is 10.9 Å². The lowest BCUT2D eigenvalue weighted by Crippen LogP contribution is -2.05. The Bertz CT molecular complexity index is 535. The molecular formula is C16H16Br2O. The zero-order valence-electron chi connectivity index (χ0n) is 10.9. The number of benzene rings is 2. The van der Waals surface area contributed by atoms with Gasteiger partial charge in [0.25, 0.3) is 0 Å². The second-order valence-corrected chi connectivity index (χ2v) is 6.48. The summed E-state index contributed by atoms with van der Waals surface area (Å²) in [5.41, 5.74) is 2.42. The van der Waals surface area contributed by atoms with Crippen LogP contribution in [0.1, 0.15) is 29.8 Å². The predicted octanol–water partition coefficient (Wildman–Crippen LogP) is 5.72. The minimum absolute atomic E-state index is 0.177. The number of ether oxygens (including phenoxy) is 1. The van der Waals surface area contributed by atoms with Gasteiger partial charge < -0.3 is 4.74 Å². The third kappa shape index (κ3) is 4.08. The van der Waals surface area contributed by atoms with Crippen molar-refractivity contribution in [3.8, 4) is 5.75 Å². The highest BCUT2D eigenvalue weighted by atomic mass is 79.9. The number of alkyl halides is 1. The normalized spacial score (nSPS) is 12.5. The molecule has 19 heavy (non-hydrogen) atoms. The van der Waals surface area contributed by atoms with Gasteiger partial charge in [-0.3, -0.25) is 0 Å². The van der Waals surface area contributed by atoms with Crippen LogP contribution in [0.3, 0.4) is 0 Å². The first-order valence-electron chi connectivity index (χ1n) is 6.22. The molecule has 0 saturated carbocycles. The van der Waals surface area contributed by atoms with Crippen LogP contribution in [0.25, 0.3) is 0 Å². The van der Waals surface area contributed by atoms with Gasteiger partial charge in [0.2, 0.25) is 0 Å². The molecule has 0 bridgehead atoms. The maximum atomic E-state index is 5.73. The standard InChI is InChI=1S/C16H16Br2O/c1-11(2)19-15-5-3-4-13(10-15)16(18)12-6-8-14(17)9-7-12/h3-11,16H,1-2H3. The molecule has 100 valence electrons. The maximum Gasteiger partial charge on any atom is 0.120 e. The molecule has 1 unspecified atom stereocenters. The van der Waals surface area contributed by atoms with Crippen LogP contribution in [0, 0.1) is 0 Å². The second kappa shape index (κ2) is 6.58. The van der Waals surface area contributed by atoms with Gasteiger partial charge in [-0.2, -0.15) is 0 Å². The van der Waals surface area contributed by atoms with Gasteiger partial charge >= 0.3 is 0 Å². The summed E-state index contributed by atoms with van der Waals surface area (Å²) >= 11 is 7.20. The van der Waals surface area contributed by atoms with E-state index in [1.165, 1.54) is 11.1 Å². The highest BCUT2D eigenvalue weighted by Crippen LogP contribution is 2.33. The van der Waals surface area contributed by atoms with Crippen LogP contribution in [0.4, 0.5) is 0 Å². The quantitative estimate of drug-likeness (QED) is 0.613. The van der Waals surface area contributed by atoms with E-state index < -0.39 is 0 Å². The summed E-state index contributed by atoms with van der Waals surface area (Å²) < 4.78 is 6.82. The molecule has 2 aromatic rings. The van der Waals surface area contributed by atoms with Crippen LogP contribution in [0.2, 0.25) is 0 Å². The lowest BCUT2D eigenvalue weighted by Gasteiger charge is -2.14. The fourth-order valence-electron chi connectivity index (χ4n) is 1.84. The number of hydrogen-bond donors (Lipinski definition) is 0. The lowest BCUT2D eigenvalue weighted by atomic mass is 10.0. The Kier molecular flexibility index (Phi) is 5.06. The molecule has 0 radical (unpaired) electrons. The Morgan fingerprint density at radius 2 is 1.63 bits per heavy atom. The van der Waals surface area contributed by atoms with Crippen LogP contribution in [0.15, 0.2) is 53.0 Å². The molecule has 2 aromatic carbocycles. The molecule has 0 aromatic heterocycles. The fourth-order valence-corrected chi connectivity index (χ4v) is 2.70. The SMILES string of the molecule is CC(C)Oc1cccc(C(Br)c2ccc(Br)cc2)c1. The number of halogens is 2. The Morgan fingerprint density at radius 1 is 0.947 bits per heavy atom. The topological polar surface area (TPSA) is 9.23 Å². The molecule has 0 aliphatic rings. The van der Waals surface area contributed by atoms with E-state index in [0.29, 0.717) is 0 Å². The van der Waals surface area contributed by atoms with Gasteiger partial charge in [-0.1, -0.05) is 56.1 Å². The van der Waals surface area contributed by atoms with Crippen molar-refractivity contribution < 1.29 is 4.74 Å². The van der Waals surface area contributed by atoms with Crippen LogP contribution in [0.5, 0.6) is 5.75 Å². The molecule has 2 rings (SSSR count). The molecule has 3 heteroatoms. The fraction of sp³-hybridized carbons (Fsp3) is 0.250. The first-order valence-corrected chi connectivity index (χ1v) is 7.93. The number of hydrogen-bond acceptors (Lipinski definition) is 1. The summed E-state index contributed by atoms with van der Waals surface area (Å²) in [6.07, 6.45) is 0.191.